The number of halogens is 2. The van der Waals surface area contributed by atoms with Crippen LogP contribution in [0.15, 0.2) is 12.7 Å². The first kappa shape index (κ1) is 7.71. The molecular weight excluding hydrogens is 154 g/mol. The van der Waals surface area contributed by atoms with Crippen molar-refractivity contribution in [1.29, 1.82) is 0 Å². The average Bonchev–Trinajstić information content (AvgIpc) is 1.61. The number of hydrogen-bond acceptors (Lipinski definition) is 1. The van der Waals surface area contributed by atoms with Gasteiger partial charge in [0.2, 0.25) is 6.85 Å². The van der Waals surface area contributed by atoms with Crippen molar-refractivity contribution in [1.82, 2.24) is 0 Å². The van der Waals surface area contributed by atoms with Crippen LogP contribution in [0.3, 0.4) is 0 Å². The van der Waals surface area contributed by atoms with Crippen molar-refractivity contribution < 1.29 is 4.52 Å². The van der Waals surface area contributed by atoms with Gasteiger partial charge in [0, 0.05) is 0 Å². The van der Waals surface area contributed by atoms with Crippen LogP contribution in [-0.4, -0.2) is 6.61 Å². The molecule has 0 atom stereocenters. The topological polar surface area (TPSA) is 9.23 Å². The molecule has 0 fully saturated rings. The van der Waals surface area contributed by atoms with Gasteiger partial charge in [0.1, 0.15) is 0 Å². The molecule has 0 spiro atoms. The quantitative estimate of drug-likeness (QED) is 0.454. The standard InChI is InChI=1S/C3H5Cl2OP/c1-2-3-6-7(4)5/h2H,1,3H2. The van der Waals surface area contributed by atoms with Crippen molar-refractivity contribution in [3.05, 3.63) is 12.7 Å². The summed E-state index contributed by atoms with van der Waals surface area (Å²) in [5.41, 5.74) is 0. The summed E-state index contributed by atoms with van der Waals surface area (Å²) in [6.45, 7) is 2.60. The largest absolute Gasteiger partial charge is 0.327 e. The van der Waals surface area contributed by atoms with E-state index >= 15 is 0 Å². The highest BCUT2D eigenvalue weighted by atomic mass is 35.9. The lowest BCUT2D eigenvalue weighted by molar-refractivity contribution is 0.420. The second-order valence-electron chi connectivity index (χ2n) is 0.786. The van der Waals surface area contributed by atoms with Gasteiger partial charge in [0.05, 0.1) is 6.61 Å². The molecule has 42 valence electrons. The minimum Gasteiger partial charge on any atom is -0.327 e. The van der Waals surface area contributed by atoms with Crippen LogP contribution in [-0.2, 0) is 4.52 Å². The highest BCUT2D eigenvalue weighted by Gasteiger charge is 1.93. The van der Waals surface area contributed by atoms with E-state index in [2.05, 4.69) is 11.1 Å². The lowest BCUT2D eigenvalue weighted by atomic mass is 10.7. The maximum absolute atomic E-state index is 5.22. The van der Waals surface area contributed by atoms with Gasteiger partial charge >= 0.3 is 0 Å². The zero-order chi connectivity index (χ0) is 5.70. The van der Waals surface area contributed by atoms with Gasteiger partial charge in [-0.1, -0.05) is 6.08 Å². The third-order valence-electron chi connectivity index (χ3n) is 0.290. The molecule has 0 aliphatic carbocycles. The van der Waals surface area contributed by atoms with Crippen molar-refractivity contribution in [2.24, 2.45) is 0 Å². The van der Waals surface area contributed by atoms with Gasteiger partial charge < -0.3 is 4.52 Å². The van der Waals surface area contributed by atoms with Gasteiger partial charge in [0.25, 0.3) is 0 Å². The first-order chi connectivity index (χ1) is 3.27. The summed E-state index contributed by atoms with van der Waals surface area (Å²) < 4.78 is 4.67. The van der Waals surface area contributed by atoms with E-state index in [9.17, 15) is 0 Å². The van der Waals surface area contributed by atoms with Crippen molar-refractivity contribution >= 4 is 29.3 Å². The molecule has 0 aromatic carbocycles. The Hall–Kier alpha value is 0.710. The first-order valence-corrected chi connectivity index (χ1v) is 4.70. The van der Waals surface area contributed by atoms with E-state index in [0.29, 0.717) is 6.61 Å². The van der Waals surface area contributed by atoms with E-state index in [4.69, 9.17) is 22.5 Å². The third kappa shape index (κ3) is 6.71. The van der Waals surface area contributed by atoms with Crippen molar-refractivity contribution in [2.75, 3.05) is 6.61 Å². The smallest absolute Gasteiger partial charge is 0.225 e. The van der Waals surface area contributed by atoms with Gasteiger partial charge in [0.15, 0.2) is 0 Å². The summed E-state index contributed by atoms with van der Waals surface area (Å²) >= 11 is 10.4. The summed E-state index contributed by atoms with van der Waals surface area (Å²) in [6.07, 6.45) is 1.60. The van der Waals surface area contributed by atoms with E-state index < -0.39 is 6.85 Å². The fourth-order valence-electron chi connectivity index (χ4n) is 0.109. The molecule has 0 radical (unpaired) electrons. The Balaban J connectivity index is 2.81. The van der Waals surface area contributed by atoms with Gasteiger partial charge in [-0.3, -0.25) is 0 Å². The second-order valence-corrected chi connectivity index (χ2v) is 3.81. The van der Waals surface area contributed by atoms with Crippen molar-refractivity contribution in [3.63, 3.8) is 0 Å². The van der Waals surface area contributed by atoms with Crippen LogP contribution in [0.4, 0.5) is 0 Å². The Morgan fingerprint density at radius 2 is 2.29 bits per heavy atom. The molecule has 7 heavy (non-hydrogen) atoms. The van der Waals surface area contributed by atoms with Crippen LogP contribution in [0.5, 0.6) is 0 Å². The lowest BCUT2D eigenvalue weighted by Crippen LogP contribution is -1.73. The van der Waals surface area contributed by atoms with E-state index in [1.165, 1.54) is 0 Å². The van der Waals surface area contributed by atoms with Gasteiger partial charge in [-0.25, -0.2) is 0 Å². The molecule has 0 heterocycles. The fourth-order valence-corrected chi connectivity index (χ4v) is 0.665. The van der Waals surface area contributed by atoms with Gasteiger partial charge in [-0.05, 0) is 22.5 Å². The normalized spacial score (nSPS) is 9.57. The highest BCUT2D eigenvalue weighted by Crippen LogP contribution is 2.47. The average molecular weight is 159 g/mol. The Labute approximate surface area is 53.7 Å². The summed E-state index contributed by atoms with van der Waals surface area (Å²) in [5.74, 6) is 0. The Kier molecular flexibility index (Phi) is 5.35. The molecule has 0 unspecified atom stereocenters. The van der Waals surface area contributed by atoms with E-state index in [0.717, 1.165) is 0 Å². The number of hydrogen-bond donors (Lipinski definition) is 0. The molecule has 0 saturated heterocycles. The Morgan fingerprint density at radius 1 is 1.71 bits per heavy atom. The zero-order valence-electron chi connectivity index (χ0n) is 3.60. The minimum atomic E-state index is -1.23. The third-order valence-corrected chi connectivity index (χ3v) is 1.22. The monoisotopic (exact) mass is 158 g/mol. The van der Waals surface area contributed by atoms with Crippen LogP contribution in [0.25, 0.3) is 0 Å². The lowest BCUT2D eigenvalue weighted by Gasteiger charge is -1.94. The molecule has 0 amide bonds. The Bertz CT molecular complexity index is 56.9. The summed E-state index contributed by atoms with van der Waals surface area (Å²) in [6, 6.07) is 0. The van der Waals surface area contributed by atoms with Crippen LogP contribution < -0.4 is 0 Å². The van der Waals surface area contributed by atoms with Gasteiger partial charge in [-0.15, -0.1) is 6.58 Å². The first-order valence-electron chi connectivity index (χ1n) is 1.63. The van der Waals surface area contributed by atoms with E-state index in [-0.39, 0.29) is 0 Å². The molecule has 0 aromatic heterocycles. The Morgan fingerprint density at radius 3 is 2.43 bits per heavy atom. The SMILES string of the molecule is C=CCOP(Cl)Cl. The predicted molar refractivity (Wildman–Crippen MR) is 34.8 cm³/mol. The summed E-state index contributed by atoms with van der Waals surface area (Å²) in [5, 5.41) is 0. The second kappa shape index (κ2) is 4.86. The van der Waals surface area contributed by atoms with Crippen molar-refractivity contribution in [3.8, 4) is 0 Å². The molecule has 1 nitrogen and oxygen atoms in total. The van der Waals surface area contributed by atoms with Crippen LogP contribution >= 0.6 is 29.3 Å². The summed E-state index contributed by atoms with van der Waals surface area (Å²) in [7, 11) is 0. The highest BCUT2D eigenvalue weighted by molar-refractivity contribution is 8.00. The van der Waals surface area contributed by atoms with Crippen molar-refractivity contribution in [2.45, 2.75) is 0 Å². The minimum absolute atomic E-state index is 0.429. The predicted octanol–water partition coefficient (Wildman–Crippen LogP) is 2.89. The molecule has 0 rings (SSSR count). The summed E-state index contributed by atoms with van der Waals surface area (Å²) in [4.78, 5) is 0. The molecule has 0 aliphatic rings. The molecular formula is C3H5Cl2OP. The maximum atomic E-state index is 5.22. The van der Waals surface area contributed by atoms with Gasteiger partial charge in [-0.2, -0.15) is 0 Å². The number of rotatable bonds is 3. The zero-order valence-corrected chi connectivity index (χ0v) is 6.01. The molecule has 4 heteroatoms. The van der Waals surface area contributed by atoms with E-state index in [1.807, 2.05) is 0 Å². The molecule has 0 saturated carbocycles. The molecule has 0 aromatic rings. The molecule has 0 bridgehead atoms. The van der Waals surface area contributed by atoms with Crippen LogP contribution in [0.1, 0.15) is 0 Å². The maximum Gasteiger partial charge on any atom is 0.225 e. The van der Waals surface area contributed by atoms with E-state index in [1.54, 1.807) is 6.08 Å². The fraction of sp³-hybridized carbons (Fsp3) is 0.333. The molecule has 0 aliphatic heterocycles. The molecule has 0 N–H and O–H groups in total. The van der Waals surface area contributed by atoms with Crippen LogP contribution in [0, 0.1) is 0 Å². The van der Waals surface area contributed by atoms with Crippen LogP contribution in [0.2, 0.25) is 0 Å².